The average Bonchev–Trinajstić information content (AvgIpc) is 2.52. The predicted molar refractivity (Wildman–Crippen MR) is 73.1 cm³/mol. The van der Waals surface area contributed by atoms with Gasteiger partial charge in [-0.3, -0.25) is 9.59 Å². The average molecular weight is 360 g/mol. The van der Waals surface area contributed by atoms with Gasteiger partial charge in [0.2, 0.25) is 0 Å². The van der Waals surface area contributed by atoms with Crippen LogP contribution in [0.5, 0.6) is 0 Å². The number of halogens is 5. The normalized spacial score (nSPS) is 11.2. The van der Waals surface area contributed by atoms with E-state index in [0.29, 0.717) is 12.1 Å². The molecule has 0 unspecified atom stereocenters. The Bertz CT molecular complexity index is 838. The van der Waals surface area contributed by atoms with E-state index in [-0.39, 0.29) is 5.56 Å². The zero-order valence-corrected chi connectivity index (χ0v) is 12.2. The molecule has 1 aromatic heterocycles. The lowest BCUT2D eigenvalue weighted by molar-refractivity contribution is -0.140. The highest BCUT2D eigenvalue weighted by atomic mass is 19.4. The van der Waals surface area contributed by atoms with Crippen LogP contribution in [-0.2, 0) is 12.7 Å². The number of aromatic nitrogens is 2. The molecule has 0 bridgehead atoms. The first-order valence-corrected chi connectivity index (χ1v) is 6.55. The molecule has 0 aliphatic heterocycles. The molecule has 11 heteroatoms. The number of primary amides is 1. The molecule has 0 spiro atoms. The number of alkyl halides is 3. The van der Waals surface area contributed by atoms with E-state index in [1.165, 1.54) is 0 Å². The van der Waals surface area contributed by atoms with Crippen molar-refractivity contribution in [3.05, 3.63) is 58.7 Å². The molecule has 6 nitrogen and oxygen atoms in total. The molecule has 2 rings (SSSR count). The summed E-state index contributed by atoms with van der Waals surface area (Å²) in [6.07, 6.45) is -4.17. The molecule has 2 aromatic rings. The highest BCUT2D eigenvalue weighted by molar-refractivity contribution is 5.97. The van der Waals surface area contributed by atoms with Crippen molar-refractivity contribution in [2.24, 2.45) is 5.73 Å². The molecule has 0 atom stereocenters. The van der Waals surface area contributed by atoms with E-state index >= 15 is 0 Å². The monoisotopic (exact) mass is 360 g/mol. The molecular formula is C14H9F5N4O2. The molecule has 25 heavy (non-hydrogen) atoms. The van der Waals surface area contributed by atoms with Gasteiger partial charge in [0, 0.05) is 6.54 Å². The summed E-state index contributed by atoms with van der Waals surface area (Å²) in [5, 5.41) is 2.11. The molecule has 3 N–H and O–H groups in total. The van der Waals surface area contributed by atoms with Crippen molar-refractivity contribution in [2.45, 2.75) is 12.7 Å². The first-order valence-electron chi connectivity index (χ1n) is 6.55. The van der Waals surface area contributed by atoms with Crippen molar-refractivity contribution in [3.8, 4) is 0 Å². The Kier molecular flexibility index (Phi) is 4.95. The number of benzene rings is 1. The molecule has 0 fully saturated rings. The standard InChI is InChI=1S/C14H9F5N4O2/c15-8-2-1-6(3-7(8)14(17,18)19)4-21-13(25)11-9(16)10(12(20)24)22-5-23-11/h1-3,5H,4H2,(H2,20,24)(H,21,25). The molecule has 132 valence electrons. The molecule has 1 heterocycles. The SMILES string of the molecule is NC(=O)c1ncnc(C(=O)NCc2ccc(F)c(C(F)(F)F)c2)c1F. The van der Waals surface area contributed by atoms with Crippen LogP contribution in [0.1, 0.15) is 32.1 Å². The van der Waals surface area contributed by atoms with Gasteiger partial charge in [-0.1, -0.05) is 6.07 Å². The maximum Gasteiger partial charge on any atom is 0.419 e. The van der Waals surface area contributed by atoms with Crippen LogP contribution in [0.4, 0.5) is 22.0 Å². The van der Waals surface area contributed by atoms with Gasteiger partial charge in [0.25, 0.3) is 11.8 Å². The Balaban J connectivity index is 2.19. The third kappa shape index (κ3) is 4.05. The first-order chi connectivity index (χ1) is 11.6. The maximum absolute atomic E-state index is 13.9. The van der Waals surface area contributed by atoms with Crippen molar-refractivity contribution >= 4 is 11.8 Å². The topological polar surface area (TPSA) is 98.0 Å². The zero-order valence-electron chi connectivity index (χ0n) is 12.2. The second kappa shape index (κ2) is 6.79. The summed E-state index contributed by atoms with van der Waals surface area (Å²) >= 11 is 0. The fraction of sp³-hybridized carbons (Fsp3) is 0.143. The Morgan fingerprint density at radius 3 is 2.36 bits per heavy atom. The van der Waals surface area contributed by atoms with E-state index in [1.54, 1.807) is 0 Å². The van der Waals surface area contributed by atoms with Crippen LogP contribution >= 0.6 is 0 Å². The lowest BCUT2D eigenvalue weighted by Crippen LogP contribution is -2.27. The van der Waals surface area contributed by atoms with E-state index in [1.807, 2.05) is 0 Å². The number of nitrogens with one attached hydrogen (secondary N) is 1. The number of carbonyl (C=O) groups is 2. The van der Waals surface area contributed by atoms with Crippen molar-refractivity contribution in [1.82, 2.24) is 15.3 Å². The number of nitrogens with two attached hydrogens (primary N) is 1. The minimum absolute atomic E-state index is 0.0772. The highest BCUT2D eigenvalue weighted by Gasteiger charge is 2.34. The van der Waals surface area contributed by atoms with Gasteiger partial charge in [-0.05, 0) is 17.7 Å². The lowest BCUT2D eigenvalue weighted by Gasteiger charge is -2.11. The van der Waals surface area contributed by atoms with E-state index < -0.39 is 53.1 Å². The van der Waals surface area contributed by atoms with Gasteiger partial charge in [-0.2, -0.15) is 13.2 Å². The second-order valence-electron chi connectivity index (χ2n) is 4.74. The molecule has 0 aliphatic rings. The number of hydrogen-bond acceptors (Lipinski definition) is 4. The van der Waals surface area contributed by atoms with E-state index in [2.05, 4.69) is 15.3 Å². The molecule has 0 saturated carbocycles. The fourth-order valence-electron chi connectivity index (χ4n) is 1.87. The Labute approximate surface area is 136 Å². The Morgan fingerprint density at radius 2 is 1.76 bits per heavy atom. The first kappa shape index (κ1) is 18.2. The van der Waals surface area contributed by atoms with Crippen LogP contribution in [0, 0.1) is 11.6 Å². The van der Waals surface area contributed by atoms with Gasteiger partial charge >= 0.3 is 6.18 Å². The molecular weight excluding hydrogens is 351 g/mol. The molecule has 0 saturated heterocycles. The number of hydrogen-bond donors (Lipinski definition) is 2. The number of amides is 2. The van der Waals surface area contributed by atoms with E-state index in [4.69, 9.17) is 5.73 Å². The smallest absolute Gasteiger partial charge is 0.364 e. The van der Waals surface area contributed by atoms with E-state index in [9.17, 15) is 31.5 Å². The van der Waals surface area contributed by atoms with Crippen LogP contribution in [0.25, 0.3) is 0 Å². The minimum Gasteiger partial charge on any atom is -0.364 e. The van der Waals surface area contributed by atoms with Gasteiger partial charge in [0.05, 0.1) is 5.56 Å². The van der Waals surface area contributed by atoms with Crippen molar-refractivity contribution in [2.75, 3.05) is 0 Å². The van der Waals surface area contributed by atoms with Gasteiger partial charge in [-0.15, -0.1) is 0 Å². The van der Waals surface area contributed by atoms with E-state index in [0.717, 1.165) is 12.4 Å². The number of carbonyl (C=O) groups excluding carboxylic acids is 2. The van der Waals surface area contributed by atoms with Crippen LogP contribution in [-0.4, -0.2) is 21.8 Å². The minimum atomic E-state index is -4.90. The van der Waals surface area contributed by atoms with Crippen LogP contribution < -0.4 is 11.1 Å². The zero-order chi connectivity index (χ0) is 18.8. The van der Waals surface area contributed by atoms with Crippen molar-refractivity contribution < 1.29 is 31.5 Å². The molecule has 2 amide bonds. The van der Waals surface area contributed by atoms with Gasteiger partial charge in [-0.25, -0.2) is 18.7 Å². The largest absolute Gasteiger partial charge is 0.419 e. The number of rotatable bonds is 4. The Morgan fingerprint density at radius 1 is 1.12 bits per heavy atom. The molecule has 0 aliphatic carbocycles. The van der Waals surface area contributed by atoms with Gasteiger partial charge in [0.1, 0.15) is 12.1 Å². The summed E-state index contributed by atoms with van der Waals surface area (Å²) in [5.41, 5.74) is 1.70. The summed E-state index contributed by atoms with van der Waals surface area (Å²) in [6.45, 7) is -0.461. The molecule has 1 aromatic carbocycles. The second-order valence-corrected chi connectivity index (χ2v) is 4.74. The lowest BCUT2D eigenvalue weighted by atomic mass is 10.1. The maximum atomic E-state index is 13.9. The highest BCUT2D eigenvalue weighted by Crippen LogP contribution is 2.31. The third-order valence-corrected chi connectivity index (χ3v) is 3.03. The van der Waals surface area contributed by atoms with Crippen molar-refractivity contribution in [1.29, 1.82) is 0 Å². The van der Waals surface area contributed by atoms with Gasteiger partial charge < -0.3 is 11.1 Å². The Hall–Kier alpha value is -3.11. The fourth-order valence-corrected chi connectivity index (χ4v) is 1.87. The molecule has 0 radical (unpaired) electrons. The van der Waals surface area contributed by atoms with Crippen LogP contribution in [0.3, 0.4) is 0 Å². The summed E-state index contributed by atoms with van der Waals surface area (Å²) in [7, 11) is 0. The van der Waals surface area contributed by atoms with Gasteiger partial charge in [0.15, 0.2) is 17.2 Å². The third-order valence-electron chi connectivity index (χ3n) is 3.03. The summed E-state index contributed by atoms with van der Waals surface area (Å²) < 4.78 is 65.0. The summed E-state index contributed by atoms with van der Waals surface area (Å²) in [4.78, 5) is 29.5. The van der Waals surface area contributed by atoms with Crippen LogP contribution in [0.15, 0.2) is 24.5 Å². The summed E-state index contributed by atoms with van der Waals surface area (Å²) in [5.74, 6) is -5.15. The predicted octanol–water partition coefficient (Wildman–Crippen LogP) is 1.80. The number of nitrogens with zero attached hydrogens (tertiary/aromatic N) is 2. The van der Waals surface area contributed by atoms with Crippen LogP contribution in [0.2, 0.25) is 0 Å². The van der Waals surface area contributed by atoms with Crippen molar-refractivity contribution in [3.63, 3.8) is 0 Å². The summed E-state index contributed by atoms with van der Waals surface area (Å²) in [6, 6.07) is 2.14. The quantitative estimate of drug-likeness (QED) is 0.813.